The Balaban J connectivity index is 2.02. The number of rotatable bonds is 5. The minimum atomic E-state index is -4.45. The average Bonchev–Trinajstić information content (AvgIpc) is 2.54. The molecule has 0 radical (unpaired) electrons. The van der Waals surface area contributed by atoms with Gasteiger partial charge in [0.15, 0.2) is 0 Å². The molecule has 0 aliphatic rings. The molecule has 128 valence electrons. The van der Waals surface area contributed by atoms with E-state index in [1.54, 1.807) is 30.3 Å². The van der Waals surface area contributed by atoms with Crippen molar-refractivity contribution in [2.75, 3.05) is 5.32 Å². The van der Waals surface area contributed by atoms with Crippen molar-refractivity contribution in [1.29, 1.82) is 0 Å². The molecule has 0 saturated carbocycles. The first-order chi connectivity index (χ1) is 11.3. The van der Waals surface area contributed by atoms with Gasteiger partial charge in [-0.3, -0.25) is 9.00 Å². The second-order valence-corrected chi connectivity index (χ2v) is 6.98. The monoisotopic (exact) mass is 355 g/mol. The van der Waals surface area contributed by atoms with Crippen molar-refractivity contribution in [3.8, 4) is 0 Å². The SMILES string of the molecule is C[C@@H](C(=O)Nc1ccccc1)[S@@](=O)Cc1cccc(C(F)(F)F)c1. The van der Waals surface area contributed by atoms with Gasteiger partial charge in [0, 0.05) is 22.2 Å². The van der Waals surface area contributed by atoms with Crippen LogP contribution in [0.5, 0.6) is 0 Å². The van der Waals surface area contributed by atoms with Crippen molar-refractivity contribution in [3.63, 3.8) is 0 Å². The van der Waals surface area contributed by atoms with Crippen molar-refractivity contribution in [1.82, 2.24) is 0 Å². The molecule has 0 spiro atoms. The van der Waals surface area contributed by atoms with Gasteiger partial charge in [0.25, 0.3) is 0 Å². The number of hydrogen-bond donors (Lipinski definition) is 1. The van der Waals surface area contributed by atoms with E-state index >= 15 is 0 Å². The summed E-state index contributed by atoms with van der Waals surface area (Å²) in [5.41, 5.74) is 0.0614. The zero-order valence-corrected chi connectivity index (χ0v) is 13.7. The molecule has 2 atom stereocenters. The Hall–Kier alpha value is -2.15. The molecule has 2 aromatic rings. The highest BCUT2D eigenvalue weighted by atomic mass is 32.2. The number of amides is 1. The summed E-state index contributed by atoms with van der Waals surface area (Å²) >= 11 is 0. The normalized spacial score (nSPS) is 14.0. The smallest absolute Gasteiger partial charge is 0.325 e. The maximum atomic E-state index is 12.7. The molecule has 0 aromatic heterocycles. The van der Waals surface area contributed by atoms with Crippen LogP contribution in [0.3, 0.4) is 0 Å². The molecule has 1 amide bonds. The summed E-state index contributed by atoms with van der Waals surface area (Å²) in [4.78, 5) is 12.1. The Labute approximate surface area is 140 Å². The highest BCUT2D eigenvalue weighted by Gasteiger charge is 2.30. The molecular formula is C17H16F3NO2S. The highest BCUT2D eigenvalue weighted by Crippen LogP contribution is 2.29. The van der Waals surface area contributed by atoms with Gasteiger partial charge in [-0.1, -0.05) is 36.4 Å². The van der Waals surface area contributed by atoms with Gasteiger partial charge in [-0.25, -0.2) is 0 Å². The number of anilines is 1. The molecule has 0 saturated heterocycles. The number of nitrogens with one attached hydrogen (secondary N) is 1. The summed E-state index contributed by atoms with van der Waals surface area (Å²) in [5.74, 6) is -0.556. The van der Waals surface area contributed by atoms with E-state index < -0.39 is 33.7 Å². The number of carbonyl (C=O) groups excluding carboxylic acids is 1. The lowest BCUT2D eigenvalue weighted by molar-refractivity contribution is -0.137. The summed E-state index contributed by atoms with van der Waals surface area (Å²) in [6.07, 6.45) is -4.45. The van der Waals surface area contributed by atoms with Crippen LogP contribution < -0.4 is 5.32 Å². The Bertz CT molecular complexity index is 732. The topological polar surface area (TPSA) is 46.2 Å². The molecule has 0 aliphatic carbocycles. The minimum Gasteiger partial charge on any atom is -0.325 e. The fraction of sp³-hybridized carbons (Fsp3) is 0.235. The van der Waals surface area contributed by atoms with Crippen molar-refractivity contribution in [3.05, 3.63) is 65.7 Å². The predicted molar refractivity (Wildman–Crippen MR) is 87.8 cm³/mol. The van der Waals surface area contributed by atoms with E-state index in [2.05, 4.69) is 5.32 Å². The van der Waals surface area contributed by atoms with E-state index in [-0.39, 0.29) is 11.3 Å². The van der Waals surface area contributed by atoms with Crippen LogP contribution in [0.4, 0.5) is 18.9 Å². The van der Waals surface area contributed by atoms with Gasteiger partial charge in [-0.15, -0.1) is 0 Å². The second-order valence-electron chi connectivity index (χ2n) is 5.22. The third kappa shape index (κ3) is 4.92. The van der Waals surface area contributed by atoms with Crippen molar-refractivity contribution < 1.29 is 22.2 Å². The molecule has 2 rings (SSSR count). The molecule has 0 fully saturated rings. The summed E-state index contributed by atoms with van der Waals surface area (Å²) in [6.45, 7) is 1.49. The van der Waals surface area contributed by atoms with Crippen LogP contribution in [0.2, 0.25) is 0 Å². The van der Waals surface area contributed by atoms with Crippen LogP contribution >= 0.6 is 0 Å². The predicted octanol–water partition coefficient (Wildman–Crippen LogP) is 3.98. The van der Waals surface area contributed by atoms with Gasteiger partial charge in [-0.2, -0.15) is 13.2 Å². The lowest BCUT2D eigenvalue weighted by Crippen LogP contribution is -2.29. The van der Waals surface area contributed by atoms with Gasteiger partial charge >= 0.3 is 6.18 Å². The zero-order chi connectivity index (χ0) is 17.7. The number of halogens is 3. The number of carbonyl (C=O) groups is 1. The van der Waals surface area contributed by atoms with Crippen LogP contribution in [-0.2, 0) is 27.5 Å². The Morgan fingerprint density at radius 3 is 2.42 bits per heavy atom. The van der Waals surface area contributed by atoms with Crippen LogP contribution in [0.25, 0.3) is 0 Å². The lowest BCUT2D eigenvalue weighted by Gasteiger charge is -2.13. The van der Waals surface area contributed by atoms with Crippen LogP contribution in [0, 0.1) is 0 Å². The van der Waals surface area contributed by atoms with Gasteiger partial charge in [-0.05, 0) is 30.7 Å². The van der Waals surface area contributed by atoms with E-state index in [4.69, 9.17) is 0 Å². The first kappa shape index (κ1) is 18.2. The molecule has 0 aliphatic heterocycles. The number of hydrogen-bond acceptors (Lipinski definition) is 2. The van der Waals surface area contributed by atoms with E-state index in [0.717, 1.165) is 12.1 Å². The fourth-order valence-corrected chi connectivity index (χ4v) is 3.07. The fourth-order valence-electron chi connectivity index (χ4n) is 2.01. The van der Waals surface area contributed by atoms with Crippen LogP contribution in [-0.4, -0.2) is 15.4 Å². The molecule has 24 heavy (non-hydrogen) atoms. The maximum absolute atomic E-state index is 12.7. The quantitative estimate of drug-likeness (QED) is 0.882. The summed E-state index contributed by atoms with van der Waals surface area (Å²) in [7, 11) is -1.63. The van der Waals surface area contributed by atoms with Crippen molar-refractivity contribution >= 4 is 22.4 Å². The molecule has 0 unspecified atom stereocenters. The Morgan fingerprint density at radius 2 is 1.79 bits per heavy atom. The summed E-state index contributed by atoms with van der Waals surface area (Å²) in [6, 6.07) is 13.3. The summed E-state index contributed by atoms with van der Waals surface area (Å²) in [5, 5.41) is 1.78. The molecular weight excluding hydrogens is 339 g/mol. The molecule has 7 heteroatoms. The average molecular weight is 355 g/mol. The molecule has 0 heterocycles. The molecule has 0 bridgehead atoms. The van der Waals surface area contributed by atoms with Crippen molar-refractivity contribution in [2.45, 2.75) is 24.1 Å². The summed E-state index contributed by atoms with van der Waals surface area (Å²) < 4.78 is 50.4. The lowest BCUT2D eigenvalue weighted by atomic mass is 10.1. The van der Waals surface area contributed by atoms with Gasteiger partial charge < -0.3 is 5.32 Å². The van der Waals surface area contributed by atoms with E-state index in [0.29, 0.717) is 5.69 Å². The molecule has 2 aromatic carbocycles. The van der Waals surface area contributed by atoms with E-state index in [9.17, 15) is 22.2 Å². The van der Waals surface area contributed by atoms with E-state index in [1.807, 2.05) is 0 Å². The third-order valence-electron chi connectivity index (χ3n) is 3.37. The Morgan fingerprint density at radius 1 is 1.12 bits per heavy atom. The van der Waals surface area contributed by atoms with Gasteiger partial charge in [0.05, 0.1) is 5.56 Å². The van der Waals surface area contributed by atoms with Gasteiger partial charge in [0.2, 0.25) is 5.91 Å². The first-order valence-corrected chi connectivity index (χ1v) is 8.55. The van der Waals surface area contributed by atoms with Crippen LogP contribution in [0.1, 0.15) is 18.1 Å². The third-order valence-corrected chi connectivity index (χ3v) is 4.99. The maximum Gasteiger partial charge on any atom is 0.416 e. The number of benzene rings is 2. The minimum absolute atomic E-state index is 0.118. The van der Waals surface area contributed by atoms with Gasteiger partial charge in [0.1, 0.15) is 5.25 Å². The molecule has 3 nitrogen and oxygen atoms in total. The molecule has 1 N–H and O–H groups in total. The second kappa shape index (κ2) is 7.61. The highest BCUT2D eigenvalue weighted by molar-refractivity contribution is 7.85. The zero-order valence-electron chi connectivity index (χ0n) is 12.8. The van der Waals surface area contributed by atoms with Crippen LogP contribution in [0.15, 0.2) is 54.6 Å². The largest absolute Gasteiger partial charge is 0.416 e. The van der Waals surface area contributed by atoms with E-state index in [1.165, 1.54) is 19.1 Å². The number of alkyl halides is 3. The standard InChI is InChI=1S/C17H16F3NO2S/c1-12(16(22)21-15-8-3-2-4-9-15)24(23)11-13-6-5-7-14(10-13)17(18,19)20/h2-10,12H,11H2,1H3,(H,21,22)/t12-,24-/m0/s1. The first-order valence-electron chi connectivity index (χ1n) is 7.16. The van der Waals surface area contributed by atoms with Crippen molar-refractivity contribution in [2.24, 2.45) is 0 Å². The Kier molecular flexibility index (Phi) is 5.77. The number of para-hydroxylation sites is 1.